The van der Waals surface area contributed by atoms with Gasteiger partial charge in [-0.3, -0.25) is 9.00 Å². The highest BCUT2D eigenvalue weighted by atomic mass is 32.2. The highest BCUT2D eigenvalue weighted by molar-refractivity contribution is 7.85. The number of hydrogen-bond acceptors (Lipinski definition) is 3. The molecule has 0 aromatic carbocycles. The second-order valence-electron chi connectivity index (χ2n) is 2.91. The van der Waals surface area contributed by atoms with E-state index in [9.17, 15) is 9.00 Å². The van der Waals surface area contributed by atoms with Crippen LogP contribution in [-0.4, -0.2) is 34.7 Å². The van der Waals surface area contributed by atoms with Gasteiger partial charge in [-0.2, -0.15) is 0 Å². The molecule has 5 heteroatoms. The molecule has 2 atom stereocenters. The van der Waals surface area contributed by atoms with Gasteiger partial charge in [-0.05, 0) is 13.3 Å². The number of hydrogen-bond donors (Lipinski definition) is 2. The van der Waals surface area contributed by atoms with Crippen molar-refractivity contribution in [2.75, 3.05) is 19.3 Å². The maximum absolute atomic E-state index is 11.3. The van der Waals surface area contributed by atoms with E-state index in [1.165, 1.54) is 0 Å². The first-order valence-electron chi connectivity index (χ1n) is 4.39. The third-order valence-electron chi connectivity index (χ3n) is 1.81. The van der Waals surface area contributed by atoms with Crippen LogP contribution in [0.4, 0.5) is 0 Å². The zero-order valence-corrected chi connectivity index (χ0v) is 9.02. The largest absolute Gasteiger partial charge is 0.359 e. The van der Waals surface area contributed by atoms with Crippen molar-refractivity contribution in [1.82, 2.24) is 5.32 Å². The van der Waals surface area contributed by atoms with Gasteiger partial charge in [0.2, 0.25) is 5.91 Å². The lowest BCUT2D eigenvalue weighted by molar-refractivity contribution is -0.120. The Morgan fingerprint density at radius 1 is 1.62 bits per heavy atom. The van der Waals surface area contributed by atoms with Crippen LogP contribution in [0.25, 0.3) is 0 Å². The van der Waals surface area contributed by atoms with E-state index in [0.717, 1.165) is 0 Å². The Balaban J connectivity index is 3.53. The molecular weight excluding hydrogens is 188 g/mol. The first kappa shape index (κ1) is 12.6. The Hall–Kier alpha value is -0.420. The lowest BCUT2D eigenvalue weighted by Gasteiger charge is -2.07. The molecule has 0 aromatic rings. The summed E-state index contributed by atoms with van der Waals surface area (Å²) in [5.74, 6) is 0.559. The van der Waals surface area contributed by atoms with E-state index in [4.69, 9.17) is 5.73 Å². The Labute approximate surface area is 81.7 Å². The minimum atomic E-state index is -0.888. The highest BCUT2D eigenvalue weighted by Crippen LogP contribution is 1.98. The van der Waals surface area contributed by atoms with Gasteiger partial charge in [0, 0.05) is 41.8 Å². The summed E-state index contributed by atoms with van der Waals surface area (Å²) in [6.45, 7) is 2.29. The minimum absolute atomic E-state index is 0.00241. The van der Waals surface area contributed by atoms with Crippen molar-refractivity contribution in [3.63, 3.8) is 0 Å². The molecule has 1 amide bonds. The van der Waals surface area contributed by atoms with E-state index >= 15 is 0 Å². The van der Waals surface area contributed by atoms with Gasteiger partial charge >= 0.3 is 0 Å². The molecule has 0 saturated carbocycles. The highest BCUT2D eigenvalue weighted by Gasteiger charge is 2.08. The molecule has 13 heavy (non-hydrogen) atoms. The summed E-state index contributed by atoms with van der Waals surface area (Å²) in [6, 6.07) is 0. The molecule has 0 aliphatic rings. The Morgan fingerprint density at radius 3 is 2.69 bits per heavy atom. The van der Waals surface area contributed by atoms with E-state index in [0.29, 0.717) is 25.1 Å². The molecule has 0 aromatic heterocycles. The molecular formula is C8H18N2O2S. The van der Waals surface area contributed by atoms with Crippen molar-refractivity contribution in [3.05, 3.63) is 0 Å². The number of nitrogens with one attached hydrogen (secondary N) is 1. The minimum Gasteiger partial charge on any atom is -0.359 e. The molecule has 0 spiro atoms. The van der Waals surface area contributed by atoms with Gasteiger partial charge in [-0.1, -0.05) is 0 Å². The SMILES string of the molecule is CNC(=O)CCCS(=O)C(C)CN. The summed E-state index contributed by atoms with van der Waals surface area (Å²) >= 11 is 0. The molecule has 0 aliphatic heterocycles. The van der Waals surface area contributed by atoms with E-state index in [1.807, 2.05) is 6.92 Å². The third-order valence-corrected chi connectivity index (χ3v) is 3.59. The standard InChI is InChI=1S/C8H18N2O2S/c1-7(6-9)13(12)5-3-4-8(11)10-2/h7H,3-6,9H2,1-2H3,(H,10,11). The van der Waals surface area contributed by atoms with Crippen LogP contribution < -0.4 is 11.1 Å². The number of nitrogens with two attached hydrogens (primary N) is 1. The summed E-state index contributed by atoms with van der Waals surface area (Å²) < 4.78 is 11.3. The normalized spacial score (nSPS) is 15.0. The molecule has 2 unspecified atom stereocenters. The number of rotatable bonds is 6. The Bertz CT molecular complexity index is 185. The van der Waals surface area contributed by atoms with Crippen molar-refractivity contribution in [1.29, 1.82) is 0 Å². The molecule has 0 bridgehead atoms. The van der Waals surface area contributed by atoms with Gasteiger partial charge in [-0.25, -0.2) is 0 Å². The fourth-order valence-electron chi connectivity index (χ4n) is 0.808. The van der Waals surface area contributed by atoms with Gasteiger partial charge in [-0.15, -0.1) is 0 Å². The Morgan fingerprint density at radius 2 is 2.23 bits per heavy atom. The first-order valence-corrected chi connectivity index (χ1v) is 5.77. The molecule has 3 N–H and O–H groups in total. The summed E-state index contributed by atoms with van der Waals surface area (Å²) in [7, 11) is 0.711. The number of carbonyl (C=O) groups excluding carboxylic acids is 1. The van der Waals surface area contributed by atoms with Gasteiger partial charge in [0.15, 0.2) is 0 Å². The molecule has 0 fully saturated rings. The first-order chi connectivity index (χ1) is 6.11. The second-order valence-corrected chi connectivity index (χ2v) is 4.88. The van der Waals surface area contributed by atoms with Crippen LogP contribution in [0, 0.1) is 0 Å². The smallest absolute Gasteiger partial charge is 0.219 e. The topological polar surface area (TPSA) is 72.2 Å². The Kier molecular flexibility index (Phi) is 6.80. The summed E-state index contributed by atoms with van der Waals surface area (Å²) in [5.41, 5.74) is 5.36. The van der Waals surface area contributed by atoms with Crippen LogP contribution in [-0.2, 0) is 15.6 Å². The average Bonchev–Trinajstić information content (AvgIpc) is 2.15. The predicted octanol–water partition coefficient (Wildman–Crippen LogP) is -0.391. The molecule has 0 aliphatic carbocycles. The molecule has 0 rings (SSSR count). The van der Waals surface area contributed by atoms with Crippen molar-refractivity contribution >= 4 is 16.7 Å². The summed E-state index contributed by atoms with van der Waals surface area (Å²) in [5, 5.41) is 2.55. The van der Waals surface area contributed by atoms with Crippen molar-refractivity contribution in [2.24, 2.45) is 5.73 Å². The second kappa shape index (κ2) is 7.03. The molecule has 0 saturated heterocycles. The molecule has 4 nitrogen and oxygen atoms in total. The van der Waals surface area contributed by atoms with Crippen molar-refractivity contribution in [2.45, 2.75) is 25.0 Å². The average molecular weight is 206 g/mol. The molecule has 78 valence electrons. The lowest BCUT2D eigenvalue weighted by Crippen LogP contribution is -2.24. The number of carbonyl (C=O) groups is 1. The predicted molar refractivity (Wildman–Crippen MR) is 54.8 cm³/mol. The zero-order chi connectivity index (χ0) is 10.3. The van der Waals surface area contributed by atoms with Crippen LogP contribution in [0.5, 0.6) is 0 Å². The molecule has 0 heterocycles. The van der Waals surface area contributed by atoms with Crippen molar-refractivity contribution in [3.8, 4) is 0 Å². The van der Waals surface area contributed by atoms with Crippen LogP contribution >= 0.6 is 0 Å². The van der Waals surface area contributed by atoms with E-state index in [2.05, 4.69) is 5.32 Å². The maximum atomic E-state index is 11.3. The van der Waals surface area contributed by atoms with Gasteiger partial charge in [0.25, 0.3) is 0 Å². The fraction of sp³-hybridized carbons (Fsp3) is 0.875. The number of amides is 1. The quantitative estimate of drug-likeness (QED) is 0.621. The van der Waals surface area contributed by atoms with Crippen molar-refractivity contribution < 1.29 is 9.00 Å². The monoisotopic (exact) mass is 206 g/mol. The summed E-state index contributed by atoms with van der Waals surface area (Å²) in [6.07, 6.45) is 1.11. The molecule has 0 radical (unpaired) electrons. The van der Waals surface area contributed by atoms with Gasteiger partial charge in [0.1, 0.15) is 0 Å². The van der Waals surface area contributed by atoms with Crippen LogP contribution in [0.3, 0.4) is 0 Å². The van der Waals surface area contributed by atoms with E-state index in [-0.39, 0.29) is 11.2 Å². The summed E-state index contributed by atoms with van der Waals surface area (Å²) in [4.78, 5) is 10.8. The third kappa shape index (κ3) is 5.76. The van der Waals surface area contributed by atoms with E-state index < -0.39 is 10.8 Å². The van der Waals surface area contributed by atoms with Crippen LogP contribution in [0.15, 0.2) is 0 Å². The van der Waals surface area contributed by atoms with Crippen LogP contribution in [0.1, 0.15) is 19.8 Å². The van der Waals surface area contributed by atoms with Crippen LogP contribution in [0.2, 0.25) is 0 Å². The van der Waals surface area contributed by atoms with Gasteiger partial charge < -0.3 is 11.1 Å². The maximum Gasteiger partial charge on any atom is 0.219 e. The lowest BCUT2D eigenvalue weighted by atomic mass is 10.3. The zero-order valence-electron chi connectivity index (χ0n) is 8.21. The van der Waals surface area contributed by atoms with Gasteiger partial charge in [0.05, 0.1) is 0 Å². The van der Waals surface area contributed by atoms with E-state index in [1.54, 1.807) is 7.05 Å². The fourth-order valence-corrected chi connectivity index (χ4v) is 1.85.